The number of carboxylic acids is 1. The molecule has 0 atom stereocenters. The molecule has 0 saturated heterocycles. The minimum Gasteiger partial charge on any atom is -0.488 e. The Bertz CT molecular complexity index is 599. The number of ether oxygens (including phenoxy) is 1. The first kappa shape index (κ1) is 13.4. The zero-order valence-electron chi connectivity index (χ0n) is 10.5. The highest BCUT2D eigenvalue weighted by Crippen LogP contribution is 2.21. The number of hydrogen-bond acceptors (Lipinski definition) is 3. The predicted octanol–water partition coefficient (Wildman–Crippen LogP) is 3.73. The van der Waals surface area contributed by atoms with E-state index in [9.17, 15) is 4.79 Å². The Morgan fingerprint density at radius 1 is 1.42 bits per heavy atom. The summed E-state index contributed by atoms with van der Waals surface area (Å²) in [6.45, 7) is 2.46. The van der Waals surface area contributed by atoms with Crippen LogP contribution in [-0.4, -0.2) is 11.1 Å². The molecule has 4 heteroatoms. The summed E-state index contributed by atoms with van der Waals surface area (Å²) in [5.74, 6) is -0.127. The van der Waals surface area contributed by atoms with Crippen LogP contribution < -0.4 is 4.74 Å². The van der Waals surface area contributed by atoms with Gasteiger partial charge in [0.2, 0.25) is 0 Å². The fraction of sp³-hybridized carbons (Fsp3) is 0.133. The first-order valence-corrected chi connectivity index (χ1v) is 6.70. The van der Waals surface area contributed by atoms with Gasteiger partial charge in [0.05, 0.1) is 0 Å². The van der Waals surface area contributed by atoms with Crippen molar-refractivity contribution in [1.82, 2.24) is 0 Å². The molecule has 1 aromatic heterocycles. The molecule has 98 valence electrons. The topological polar surface area (TPSA) is 46.5 Å². The van der Waals surface area contributed by atoms with Crippen LogP contribution >= 0.6 is 11.3 Å². The summed E-state index contributed by atoms with van der Waals surface area (Å²) in [6, 6.07) is 9.73. The highest BCUT2D eigenvalue weighted by atomic mass is 32.1. The fourth-order valence-electron chi connectivity index (χ4n) is 1.63. The van der Waals surface area contributed by atoms with E-state index in [2.05, 4.69) is 0 Å². The van der Waals surface area contributed by atoms with Crippen molar-refractivity contribution in [2.45, 2.75) is 13.5 Å². The molecule has 0 aliphatic heterocycles. The van der Waals surface area contributed by atoms with Crippen LogP contribution in [0, 0.1) is 6.92 Å². The van der Waals surface area contributed by atoms with E-state index in [1.54, 1.807) is 17.4 Å². The van der Waals surface area contributed by atoms with E-state index in [4.69, 9.17) is 9.84 Å². The number of thiophene rings is 1. The molecular weight excluding hydrogens is 260 g/mol. The van der Waals surface area contributed by atoms with Crippen molar-refractivity contribution in [2.24, 2.45) is 0 Å². The van der Waals surface area contributed by atoms with Crippen molar-refractivity contribution in [2.75, 3.05) is 0 Å². The van der Waals surface area contributed by atoms with Crippen molar-refractivity contribution < 1.29 is 14.6 Å². The zero-order valence-corrected chi connectivity index (χ0v) is 11.3. The number of aryl methyl sites for hydroxylation is 1. The zero-order chi connectivity index (χ0) is 13.7. The molecule has 0 saturated carbocycles. The van der Waals surface area contributed by atoms with Crippen LogP contribution in [0.1, 0.15) is 16.0 Å². The van der Waals surface area contributed by atoms with Gasteiger partial charge in [0.1, 0.15) is 12.4 Å². The van der Waals surface area contributed by atoms with E-state index in [1.165, 1.54) is 0 Å². The summed E-state index contributed by atoms with van der Waals surface area (Å²) in [5, 5.41) is 10.6. The Morgan fingerprint density at radius 2 is 2.26 bits per heavy atom. The number of carbonyl (C=O) groups is 1. The number of hydrogen-bond donors (Lipinski definition) is 1. The lowest BCUT2D eigenvalue weighted by atomic mass is 10.2. The van der Waals surface area contributed by atoms with Crippen LogP contribution in [0.4, 0.5) is 0 Å². The molecule has 0 aliphatic carbocycles. The average molecular weight is 274 g/mol. The lowest BCUT2D eigenvalue weighted by molar-refractivity contribution is -0.131. The maximum absolute atomic E-state index is 10.5. The highest BCUT2D eigenvalue weighted by molar-refractivity contribution is 7.10. The number of rotatable bonds is 5. The van der Waals surface area contributed by atoms with Gasteiger partial charge in [-0.1, -0.05) is 12.1 Å². The van der Waals surface area contributed by atoms with Crippen molar-refractivity contribution in [1.29, 1.82) is 0 Å². The lowest BCUT2D eigenvalue weighted by Crippen LogP contribution is -1.95. The molecule has 0 spiro atoms. The molecule has 1 N–H and O–H groups in total. The van der Waals surface area contributed by atoms with Gasteiger partial charge < -0.3 is 9.84 Å². The molecule has 0 fully saturated rings. The third-order valence-corrected chi connectivity index (χ3v) is 3.46. The van der Waals surface area contributed by atoms with E-state index in [0.717, 1.165) is 27.8 Å². The van der Waals surface area contributed by atoms with Crippen molar-refractivity contribution >= 4 is 23.4 Å². The van der Waals surface area contributed by atoms with Gasteiger partial charge in [0.15, 0.2) is 0 Å². The van der Waals surface area contributed by atoms with Crippen molar-refractivity contribution in [3.05, 3.63) is 57.8 Å². The number of benzene rings is 1. The average Bonchev–Trinajstić information content (AvgIpc) is 2.81. The summed E-state index contributed by atoms with van der Waals surface area (Å²) < 4.78 is 5.71. The van der Waals surface area contributed by atoms with E-state index >= 15 is 0 Å². The second kappa shape index (κ2) is 6.20. The Balaban J connectivity index is 2.04. The first-order chi connectivity index (χ1) is 9.15. The first-order valence-electron chi connectivity index (χ1n) is 5.82. The molecule has 1 aromatic carbocycles. The van der Waals surface area contributed by atoms with Crippen LogP contribution in [0.25, 0.3) is 6.08 Å². The second-order valence-electron chi connectivity index (χ2n) is 4.08. The molecule has 0 bridgehead atoms. The SMILES string of the molecule is Cc1cccc(OCc2sccc2C=CC(=O)O)c1. The molecule has 3 nitrogen and oxygen atoms in total. The maximum atomic E-state index is 10.5. The molecular formula is C15H14O3S. The summed E-state index contributed by atoms with van der Waals surface area (Å²) in [6.07, 6.45) is 2.73. The maximum Gasteiger partial charge on any atom is 0.328 e. The minimum absolute atomic E-state index is 0.445. The quantitative estimate of drug-likeness (QED) is 0.845. The molecule has 0 unspecified atom stereocenters. The fourth-order valence-corrected chi connectivity index (χ4v) is 2.41. The van der Waals surface area contributed by atoms with Gasteiger partial charge in [-0.05, 0) is 47.7 Å². The van der Waals surface area contributed by atoms with Gasteiger partial charge in [-0.25, -0.2) is 4.79 Å². The molecule has 0 aliphatic rings. The van der Waals surface area contributed by atoms with Crippen LogP contribution in [0.2, 0.25) is 0 Å². The van der Waals surface area contributed by atoms with E-state index in [1.807, 2.05) is 42.6 Å². The lowest BCUT2D eigenvalue weighted by Gasteiger charge is -2.06. The standard InChI is InChI=1S/C15H14O3S/c1-11-3-2-4-13(9-11)18-10-14-12(7-8-19-14)5-6-15(16)17/h2-9H,10H2,1H3,(H,16,17). The van der Waals surface area contributed by atoms with E-state index in [-0.39, 0.29) is 0 Å². The Morgan fingerprint density at radius 3 is 3.00 bits per heavy atom. The van der Waals surface area contributed by atoms with E-state index < -0.39 is 5.97 Å². The van der Waals surface area contributed by atoms with E-state index in [0.29, 0.717) is 6.61 Å². The summed E-state index contributed by atoms with van der Waals surface area (Å²) in [4.78, 5) is 11.5. The molecule has 1 heterocycles. The van der Waals surface area contributed by atoms with Gasteiger partial charge >= 0.3 is 5.97 Å². The molecule has 2 rings (SSSR count). The minimum atomic E-state index is -0.947. The van der Waals surface area contributed by atoms with Crippen LogP contribution in [0.3, 0.4) is 0 Å². The second-order valence-corrected chi connectivity index (χ2v) is 5.08. The van der Waals surface area contributed by atoms with Gasteiger partial charge in [0, 0.05) is 11.0 Å². The third-order valence-electron chi connectivity index (χ3n) is 2.54. The highest BCUT2D eigenvalue weighted by Gasteiger charge is 2.03. The molecule has 19 heavy (non-hydrogen) atoms. The molecule has 2 aromatic rings. The van der Waals surface area contributed by atoms with Crippen LogP contribution in [-0.2, 0) is 11.4 Å². The van der Waals surface area contributed by atoms with Gasteiger partial charge in [0.25, 0.3) is 0 Å². The van der Waals surface area contributed by atoms with Gasteiger partial charge in [-0.15, -0.1) is 11.3 Å². The van der Waals surface area contributed by atoms with Crippen molar-refractivity contribution in [3.8, 4) is 5.75 Å². The van der Waals surface area contributed by atoms with Crippen LogP contribution in [0.15, 0.2) is 41.8 Å². The Kier molecular flexibility index (Phi) is 4.36. The van der Waals surface area contributed by atoms with Gasteiger partial charge in [-0.2, -0.15) is 0 Å². The van der Waals surface area contributed by atoms with Crippen LogP contribution in [0.5, 0.6) is 5.75 Å². The largest absolute Gasteiger partial charge is 0.488 e. The predicted molar refractivity (Wildman–Crippen MR) is 76.5 cm³/mol. The Hall–Kier alpha value is -2.07. The molecule has 0 radical (unpaired) electrons. The number of carboxylic acid groups (broad SMARTS) is 1. The normalized spacial score (nSPS) is 10.8. The third kappa shape index (κ3) is 3.96. The van der Waals surface area contributed by atoms with Gasteiger partial charge in [-0.3, -0.25) is 0 Å². The summed E-state index contributed by atoms with van der Waals surface area (Å²) in [7, 11) is 0. The Labute approximate surface area is 115 Å². The monoisotopic (exact) mass is 274 g/mol. The smallest absolute Gasteiger partial charge is 0.328 e. The number of aliphatic carboxylic acids is 1. The summed E-state index contributed by atoms with van der Waals surface area (Å²) in [5.41, 5.74) is 2.04. The summed E-state index contributed by atoms with van der Waals surface area (Å²) >= 11 is 1.56. The molecule has 0 amide bonds. The van der Waals surface area contributed by atoms with Crippen molar-refractivity contribution in [3.63, 3.8) is 0 Å².